The minimum atomic E-state index is 0.0619. The summed E-state index contributed by atoms with van der Waals surface area (Å²) in [5.41, 5.74) is 8.44. The maximum Gasteiger partial charge on any atom is 0.123 e. The van der Waals surface area contributed by atoms with E-state index in [1.165, 1.54) is 12.0 Å². The fraction of sp³-hybridized carbons (Fsp3) is 0.538. The highest BCUT2D eigenvalue weighted by molar-refractivity contribution is 9.10. The Morgan fingerprint density at radius 2 is 2.12 bits per heavy atom. The third kappa shape index (κ3) is 3.22. The van der Waals surface area contributed by atoms with Crippen LogP contribution in [0, 0.1) is 6.92 Å². The first-order chi connectivity index (χ1) is 7.60. The number of methoxy groups -OCH3 is 1. The van der Waals surface area contributed by atoms with Crippen molar-refractivity contribution in [2.75, 3.05) is 7.11 Å². The predicted octanol–water partition coefficient (Wildman–Crippen LogP) is 3.96. The first kappa shape index (κ1) is 13.5. The summed E-state index contributed by atoms with van der Waals surface area (Å²) in [6.07, 6.45) is 3.32. The Bertz CT molecular complexity index is 352. The molecule has 1 atom stereocenters. The molecule has 1 unspecified atom stereocenters. The van der Waals surface area contributed by atoms with Crippen molar-refractivity contribution < 1.29 is 4.74 Å². The van der Waals surface area contributed by atoms with Gasteiger partial charge in [0.2, 0.25) is 0 Å². The first-order valence-corrected chi connectivity index (χ1v) is 6.49. The molecule has 2 nitrogen and oxygen atoms in total. The largest absolute Gasteiger partial charge is 0.496 e. The second kappa shape index (κ2) is 6.26. The van der Waals surface area contributed by atoms with Gasteiger partial charge >= 0.3 is 0 Å². The summed E-state index contributed by atoms with van der Waals surface area (Å²) >= 11 is 3.53. The summed E-state index contributed by atoms with van der Waals surface area (Å²) in [7, 11) is 1.69. The molecular weight excluding hydrogens is 266 g/mol. The zero-order chi connectivity index (χ0) is 12.1. The summed E-state index contributed by atoms with van der Waals surface area (Å²) in [5, 5.41) is 0. The Hall–Kier alpha value is -0.540. The molecule has 0 heterocycles. The van der Waals surface area contributed by atoms with Gasteiger partial charge in [0.05, 0.1) is 7.11 Å². The number of aryl methyl sites for hydroxylation is 1. The van der Waals surface area contributed by atoms with E-state index in [4.69, 9.17) is 10.5 Å². The highest BCUT2D eigenvalue weighted by Gasteiger charge is 2.13. The molecular formula is C13H20BrNO. The third-order valence-electron chi connectivity index (χ3n) is 2.78. The number of rotatable bonds is 5. The number of unbranched alkanes of at least 4 members (excludes halogenated alkanes) is 1. The minimum absolute atomic E-state index is 0.0619. The van der Waals surface area contributed by atoms with Crippen molar-refractivity contribution in [1.29, 1.82) is 0 Å². The summed E-state index contributed by atoms with van der Waals surface area (Å²) in [6.45, 7) is 4.23. The van der Waals surface area contributed by atoms with Crippen LogP contribution in [0.25, 0.3) is 0 Å². The van der Waals surface area contributed by atoms with Crippen molar-refractivity contribution in [3.05, 3.63) is 27.7 Å². The van der Waals surface area contributed by atoms with Crippen molar-refractivity contribution in [2.24, 2.45) is 5.73 Å². The second-order valence-corrected chi connectivity index (χ2v) is 4.95. The van der Waals surface area contributed by atoms with E-state index in [9.17, 15) is 0 Å². The maximum atomic E-state index is 6.18. The summed E-state index contributed by atoms with van der Waals surface area (Å²) < 4.78 is 6.47. The standard InChI is InChI=1S/C13H20BrNO/c1-4-5-6-12(15)10-8-11(14)9(2)7-13(10)16-3/h7-8,12H,4-6,15H2,1-3H3. The average molecular weight is 286 g/mol. The van der Waals surface area contributed by atoms with E-state index in [0.717, 1.165) is 28.6 Å². The zero-order valence-electron chi connectivity index (χ0n) is 10.2. The van der Waals surface area contributed by atoms with Gasteiger partial charge in [-0.15, -0.1) is 0 Å². The van der Waals surface area contributed by atoms with Crippen LogP contribution in [0.15, 0.2) is 16.6 Å². The molecule has 16 heavy (non-hydrogen) atoms. The monoisotopic (exact) mass is 285 g/mol. The lowest BCUT2D eigenvalue weighted by Crippen LogP contribution is -2.11. The summed E-state index contributed by atoms with van der Waals surface area (Å²) in [6, 6.07) is 4.17. The van der Waals surface area contributed by atoms with Gasteiger partial charge < -0.3 is 10.5 Å². The number of benzene rings is 1. The van der Waals surface area contributed by atoms with Crippen LogP contribution in [0.3, 0.4) is 0 Å². The predicted molar refractivity (Wildman–Crippen MR) is 71.9 cm³/mol. The van der Waals surface area contributed by atoms with Crippen molar-refractivity contribution in [2.45, 2.75) is 39.2 Å². The number of hydrogen-bond donors (Lipinski definition) is 1. The fourth-order valence-electron chi connectivity index (χ4n) is 1.72. The van der Waals surface area contributed by atoms with Crippen molar-refractivity contribution in [3.63, 3.8) is 0 Å². The average Bonchev–Trinajstić information content (AvgIpc) is 2.28. The van der Waals surface area contributed by atoms with Gasteiger partial charge in [0.1, 0.15) is 5.75 Å². The lowest BCUT2D eigenvalue weighted by Gasteiger charge is -2.17. The Labute approximate surface area is 106 Å². The van der Waals surface area contributed by atoms with E-state index in [2.05, 4.69) is 28.9 Å². The molecule has 0 spiro atoms. The smallest absolute Gasteiger partial charge is 0.123 e. The molecule has 0 aliphatic carbocycles. The topological polar surface area (TPSA) is 35.2 Å². The maximum absolute atomic E-state index is 6.18. The fourth-order valence-corrected chi connectivity index (χ4v) is 2.08. The molecule has 1 rings (SSSR count). The van der Waals surface area contributed by atoms with Gasteiger partial charge in [-0.25, -0.2) is 0 Å². The highest BCUT2D eigenvalue weighted by Crippen LogP contribution is 2.32. The normalized spacial score (nSPS) is 12.6. The van der Waals surface area contributed by atoms with Gasteiger partial charge in [0.25, 0.3) is 0 Å². The van der Waals surface area contributed by atoms with E-state index < -0.39 is 0 Å². The molecule has 0 aromatic heterocycles. The molecule has 2 N–H and O–H groups in total. The molecule has 3 heteroatoms. The van der Waals surface area contributed by atoms with E-state index in [1.807, 2.05) is 13.0 Å². The number of nitrogens with two attached hydrogens (primary N) is 1. The highest BCUT2D eigenvalue weighted by atomic mass is 79.9. The third-order valence-corrected chi connectivity index (χ3v) is 3.63. The van der Waals surface area contributed by atoms with Crippen LogP contribution in [-0.4, -0.2) is 7.11 Å². The zero-order valence-corrected chi connectivity index (χ0v) is 11.8. The molecule has 0 fully saturated rings. The van der Waals surface area contributed by atoms with Crippen LogP contribution in [0.1, 0.15) is 43.4 Å². The lowest BCUT2D eigenvalue weighted by atomic mass is 10.00. The number of halogens is 1. The lowest BCUT2D eigenvalue weighted by molar-refractivity contribution is 0.403. The Morgan fingerprint density at radius 1 is 1.44 bits per heavy atom. The van der Waals surface area contributed by atoms with Gasteiger partial charge in [-0.2, -0.15) is 0 Å². The summed E-state index contributed by atoms with van der Waals surface area (Å²) in [4.78, 5) is 0. The van der Waals surface area contributed by atoms with E-state index in [1.54, 1.807) is 7.11 Å². The Balaban J connectivity index is 2.96. The van der Waals surface area contributed by atoms with Gasteiger partial charge in [-0.3, -0.25) is 0 Å². The van der Waals surface area contributed by atoms with Crippen LogP contribution in [0.5, 0.6) is 5.75 Å². The van der Waals surface area contributed by atoms with E-state index >= 15 is 0 Å². The Morgan fingerprint density at radius 3 is 2.69 bits per heavy atom. The van der Waals surface area contributed by atoms with Gasteiger partial charge in [-0.1, -0.05) is 35.7 Å². The van der Waals surface area contributed by atoms with Gasteiger partial charge in [-0.05, 0) is 31.0 Å². The molecule has 0 saturated carbocycles. The minimum Gasteiger partial charge on any atom is -0.496 e. The quantitative estimate of drug-likeness (QED) is 0.889. The van der Waals surface area contributed by atoms with Gasteiger partial charge in [0.15, 0.2) is 0 Å². The first-order valence-electron chi connectivity index (χ1n) is 5.69. The molecule has 0 saturated heterocycles. The molecule has 0 radical (unpaired) electrons. The summed E-state index contributed by atoms with van der Waals surface area (Å²) in [5.74, 6) is 0.893. The number of ether oxygens (including phenoxy) is 1. The van der Waals surface area contributed by atoms with Crippen LogP contribution in [0.2, 0.25) is 0 Å². The molecule has 0 bridgehead atoms. The van der Waals surface area contributed by atoms with E-state index in [-0.39, 0.29) is 6.04 Å². The van der Waals surface area contributed by atoms with Crippen LogP contribution < -0.4 is 10.5 Å². The van der Waals surface area contributed by atoms with Crippen molar-refractivity contribution in [1.82, 2.24) is 0 Å². The Kier molecular flexibility index (Phi) is 5.29. The molecule has 0 amide bonds. The molecule has 1 aromatic carbocycles. The van der Waals surface area contributed by atoms with Crippen LogP contribution in [-0.2, 0) is 0 Å². The SMILES string of the molecule is CCCCC(N)c1cc(Br)c(C)cc1OC. The molecule has 0 aliphatic rings. The van der Waals surface area contributed by atoms with Crippen LogP contribution in [0.4, 0.5) is 0 Å². The van der Waals surface area contributed by atoms with E-state index in [0.29, 0.717) is 0 Å². The van der Waals surface area contributed by atoms with Crippen molar-refractivity contribution >= 4 is 15.9 Å². The second-order valence-electron chi connectivity index (χ2n) is 4.09. The molecule has 90 valence electrons. The van der Waals surface area contributed by atoms with Crippen LogP contribution >= 0.6 is 15.9 Å². The number of hydrogen-bond acceptors (Lipinski definition) is 2. The molecule has 1 aromatic rings. The van der Waals surface area contributed by atoms with Gasteiger partial charge in [0, 0.05) is 16.1 Å². The van der Waals surface area contributed by atoms with Crippen molar-refractivity contribution in [3.8, 4) is 5.75 Å². The molecule has 0 aliphatic heterocycles.